The Kier molecular flexibility index (Phi) is 2.31. The Morgan fingerprint density at radius 1 is 1.54 bits per heavy atom. The molecule has 13 heavy (non-hydrogen) atoms. The summed E-state index contributed by atoms with van der Waals surface area (Å²) in [7, 11) is 0. The monoisotopic (exact) mass is 192 g/mol. The number of nitrogens with one attached hydrogen (secondary N) is 1. The molecule has 0 fully saturated rings. The van der Waals surface area contributed by atoms with Crippen LogP contribution in [0.25, 0.3) is 0 Å². The van der Waals surface area contributed by atoms with Crippen molar-refractivity contribution in [3.05, 3.63) is 23.4 Å². The van der Waals surface area contributed by atoms with Crippen LogP contribution in [0.3, 0.4) is 0 Å². The first kappa shape index (κ1) is 9.63. The average Bonchev–Trinajstić information content (AvgIpc) is 2.03. The van der Waals surface area contributed by atoms with Gasteiger partial charge < -0.3 is 11.1 Å². The molecule has 0 aromatic heterocycles. The van der Waals surface area contributed by atoms with Crippen molar-refractivity contribution in [1.82, 2.24) is 5.32 Å². The minimum Gasteiger partial charge on any atom is -0.387 e. The van der Waals surface area contributed by atoms with Crippen LogP contribution in [0.15, 0.2) is 23.4 Å². The summed E-state index contributed by atoms with van der Waals surface area (Å²) in [6, 6.07) is 0. The molecule has 3 N–H and O–H groups in total. The van der Waals surface area contributed by atoms with Gasteiger partial charge in [-0.25, -0.2) is 0 Å². The predicted octanol–water partition coefficient (Wildman–Crippen LogP) is 0.448. The number of carbonyl (C=O) groups excluding carboxylic acids is 1. The number of primary amides is 1. The van der Waals surface area contributed by atoms with Crippen molar-refractivity contribution < 1.29 is 18.0 Å². The zero-order valence-electron chi connectivity index (χ0n) is 6.48. The van der Waals surface area contributed by atoms with E-state index < -0.39 is 23.2 Å². The van der Waals surface area contributed by atoms with Gasteiger partial charge in [0.1, 0.15) is 0 Å². The second-order valence-electron chi connectivity index (χ2n) is 2.45. The van der Waals surface area contributed by atoms with Crippen LogP contribution in [0, 0.1) is 0 Å². The lowest BCUT2D eigenvalue weighted by molar-refractivity contribution is -0.117. The highest BCUT2D eigenvalue weighted by molar-refractivity contribution is 5.97. The Labute approximate surface area is 72.1 Å². The molecule has 0 spiro atoms. The maximum Gasteiger partial charge on any atom is 0.416 e. The lowest BCUT2D eigenvalue weighted by Gasteiger charge is -2.16. The SMILES string of the molecule is NC(=O)C1=CNCC=C1C(F)(F)F. The molecule has 1 aliphatic rings. The molecular weight excluding hydrogens is 185 g/mol. The molecule has 6 heteroatoms. The molecule has 1 rings (SSSR count). The number of carbonyl (C=O) groups is 1. The van der Waals surface area contributed by atoms with Crippen molar-refractivity contribution in [2.24, 2.45) is 5.73 Å². The number of hydrogen-bond donors (Lipinski definition) is 2. The van der Waals surface area contributed by atoms with Crippen LogP contribution in [-0.4, -0.2) is 18.6 Å². The van der Waals surface area contributed by atoms with E-state index >= 15 is 0 Å². The third-order valence-electron chi connectivity index (χ3n) is 1.53. The molecule has 72 valence electrons. The number of alkyl halides is 3. The third-order valence-corrected chi connectivity index (χ3v) is 1.53. The molecule has 0 saturated heterocycles. The van der Waals surface area contributed by atoms with Crippen LogP contribution in [0.5, 0.6) is 0 Å². The summed E-state index contributed by atoms with van der Waals surface area (Å²) < 4.78 is 36.6. The van der Waals surface area contributed by atoms with Gasteiger partial charge in [0.2, 0.25) is 0 Å². The largest absolute Gasteiger partial charge is 0.416 e. The van der Waals surface area contributed by atoms with E-state index in [-0.39, 0.29) is 6.54 Å². The quantitative estimate of drug-likeness (QED) is 0.633. The molecule has 0 bridgehead atoms. The summed E-state index contributed by atoms with van der Waals surface area (Å²) in [5.74, 6) is -1.09. The van der Waals surface area contributed by atoms with Crippen molar-refractivity contribution in [1.29, 1.82) is 0 Å². The van der Waals surface area contributed by atoms with Gasteiger partial charge in [0.25, 0.3) is 5.91 Å². The lowest BCUT2D eigenvalue weighted by Crippen LogP contribution is -2.28. The Morgan fingerprint density at radius 3 is 2.54 bits per heavy atom. The van der Waals surface area contributed by atoms with Gasteiger partial charge >= 0.3 is 6.18 Å². The van der Waals surface area contributed by atoms with Crippen molar-refractivity contribution in [3.63, 3.8) is 0 Å². The van der Waals surface area contributed by atoms with Crippen LogP contribution in [-0.2, 0) is 4.79 Å². The van der Waals surface area contributed by atoms with Crippen molar-refractivity contribution >= 4 is 5.91 Å². The molecule has 1 amide bonds. The highest BCUT2D eigenvalue weighted by Crippen LogP contribution is 2.31. The predicted molar refractivity (Wildman–Crippen MR) is 39.4 cm³/mol. The maximum atomic E-state index is 12.2. The van der Waals surface area contributed by atoms with E-state index in [1.807, 2.05) is 0 Å². The normalized spacial score (nSPS) is 17.2. The summed E-state index contributed by atoms with van der Waals surface area (Å²) in [6.07, 6.45) is -2.66. The van der Waals surface area contributed by atoms with Crippen molar-refractivity contribution in [2.75, 3.05) is 6.54 Å². The summed E-state index contributed by atoms with van der Waals surface area (Å²) in [5.41, 5.74) is 3.26. The smallest absolute Gasteiger partial charge is 0.387 e. The molecule has 0 aromatic carbocycles. The molecule has 1 aliphatic heterocycles. The fourth-order valence-corrected chi connectivity index (χ4v) is 0.982. The molecule has 0 radical (unpaired) electrons. The van der Waals surface area contributed by atoms with Crippen LogP contribution >= 0.6 is 0 Å². The fraction of sp³-hybridized carbons (Fsp3) is 0.286. The zero-order chi connectivity index (χ0) is 10.1. The van der Waals surface area contributed by atoms with Crippen LogP contribution in [0.1, 0.15) is 0 Å². The molecule has 0 unspecified atom stereocenters. The summed E-state index contributed by atoms with van der Waals surface area (Å²) in [6.45, 7) is 0.0472. The van der Waals surface area contributed by atoms with Gasteiger partial charge in [-0.3, -0.25) is 4.79 Å². The molecule has 0 aliphatic carbocycles. The minimum absolute atomic E-state index is 0.0472. The van der Waals surface area contributed by atoms with Gasteiger partial charge in [0.15, 0.2) is 0 Å². The first-order chi connectivity index (χ1) is 5.93. The van der Waals surface area contributed by atoms with Crippen LogP contribution in [0.4, 0.5) is 13.2 Å². The second kappa shape index (κ2) is 3.12. The number of hydrogen-bond acceptors (Lipinski definition) is 2. The summed E-state index contributed by atoms with van der Waals surface area (Å²) in [5, 5.41) is 2.48. The van der Waals surface area contributed by atoms with Gasteiger partial charge in [-0.1, -0.05) is 6.08 Å². The van der Waals surface area contributed by atoms with Gasteiger partial charge in [-0.05, 0) is 0 Å². The second-order valence-corrected chi connectivity index (χ2v) is 2.45. The molecular formula is C7H7F3N2O. The van der Waals surface area contributed by atoms with Gasteiger partial charge in [-0.2, -0.15) is 13.2 Å². The minimum atomic E-state index is -4.52. The van der Waals surface area contributed by atoms with Gasteiger partial charge in [-0.15, -0.1) is 0 Å². The maximum absolute atomic E-state index is 12.2. The number of amides is 1. The number of halogens is 3. The first-order valence-electron chi connectivity index (χ1n) is 3.44. The molecule has 0 atom stereocenters. The van der Waals surface area contributed by atoms with E-state index in [1.165, 1.54) is 0 Å². The summed E-state index contributed by atoms with van der Waals surface area (Å²) >= 11 is 0. The molecule has 1 heterocycles. The fourth-order valence-electron chi connectivity index (χ4n) is 0.982. The Bertz CT molecular complexity index is 291. The standard InChI is InChI=1S/C7H7F3N2O/c8-7(9,10)5-1-2-12-3-4(5)6(11)13/h1,3,12H,2H2,(H2,11,13). The van der Waals surface area contributed by atoms with E-state index in [9.17, 15) is 18.0 Å². The number of nitrogens with two attached hydrogens (primary N) is 1. The first-order valence-corrected chi connectivity index (χ1v) is 3.44. The van der Waals surface area contributed by atoms with Crippen LogP contribution in [0.2, 0.25) is 0 Å². The Morgan fingerprint density at radius 2 is 2.15 bits per heavy atom. The Balaban J connectivity index is 3.02. The van der Waals surface area contributed by atoms with E-state index in [0.29, 0.717) is 0 Å². The molecule has 0 aromatic rings. The van der Waals surface area contributed by atoms with E-state index in [2.05, 4.69) is 5.32 Å². The van der Waals surface area contributed by atoms with Gasteiger partial charge in [0.05, 0.1) is 11.1 Å². The highest BCUT2D eigenvalue weighted by atomic mass is 19.4. The number of dihydropyridines is 1. The zero-order valence-corrected chi connectivity index (χ0v) is 6.48. The Hall–Kier alpha value is -1.46. The molecule has 0 saturated carbocycles. The van der Waals surface area contributed by atoms with E-state index in [4.69, 9.17) is 5.73 Å². The third kappa shape index (κ3) is 2.01. The highest BCUT2D eigenvalue weighted by Gasteiger charge is 2.38. The van der Waals surface area contributed by atoms with E-state index in [1.54, 1.807) is 0 Å². The van der Waals surface area contributed by atoms with Gasteiger partial charge in [0, 0.05) is 12.7 Å². The summed E-state index contributed by atoms with van der Waals surface area (Å²) in [4.78, 5) is 10.6. The van der Waals surface area contributed by atoms with Crippen molar-refractivity contribution in [3.8, 4) is 0 Å². The topological polar surface area (TPSA) is 55.1 Å². The van der Waals surface area contributed by atoms with Crippen molar-refractivity contribution in [2.45, 2.75) is 6.18 Å². The number of rotatable bonds is 1. The van der Waals surface area contributed by atoms with E-state index in [0.717, 1.165) is 12.3 Å². The lowest BCUT2D eigenvalue weighted by atomic mass is 10.0. The molecule has 3 nitrogen and oxygen atoms in total. The average molecular weight is 192 g/mol. The van der Waals surface area contributed by atoms with Crippen LogP contribution < -0.4 is 11.1 Å².